The summed E-state index contributed by atoms with van der Waals surface area (Å²) in [6.07, 6.45) is 0.599. The maximum absolute atomic E-state index is 13.0. The number of aromatic nitrogens is 2. The van der Waals surface area contributed by atoms with Crippen molar-refractivity contribution in [2.75, 3.05) is 24.2 Å². The first-order chi connectivity index (χ1) is 13.4. The summed E-state index contributed by atoms with van der Waals surface area (Å²) in [6, 6.07) is 11.3. The van der Waals surface area contributed by atoms with E-state index < -0.39 is 10.0 Å². The number of rotatable bonds is 5. The van der Waals surface area contributed by atoms with Gasteiger partial charge < -0.3 is 10.3 Å². The van der Waals surface area contributed by atoms with Crippen LogP contribution in [-0.4, -0.2) is 41.1 Å². The lowest BCUT2D eigenvalue weighted by molar-refractivity contribution is 0.452. The first-order valence-electron chi connectivity index (χ1n) is 9.12. The van der Waals surface area contributed by atoms with Crippen LogP contribution >= 0.6 is 0 Å². The topological polar surface area (TPSA) is 87.2 Å². The van der Waals surface area contributed by atoms with Crippen molar-refractivity contribution in [3.8, 4) is 0 Å². The maximum Gasteiger partial charge on any atom is 0.326 e. The van der Waals surface area contributed by atoms with Crippen molar-refractivity contribution in [3.63, 3.8) is 0 Å². The second-order valence-corrected chi connectivity index (χ2v) is 9.12. The summed E-state index contributed by atoms with van der Waals surface area (Å²) in [6.45, 7) is 2.35. The van der Waals surface area contributed by atoms with Crippen LogP contribution in [0.1, 0.15) is 19.4 Å². The van der Waals surface area contributed by atoms with Crippen molar-refractivity contribution >= 4 is 32.4 Å². The fraction of sp³-hybridized carbons (Fsp3) is 0.316. The largest absolute Gasteiger partial charge is 0.355 e. The Morgan fingerprint density at radius 3 is 2.61 bits per heavy atom. The molecule has 1 atom stereocenters. The molecule has 0 amide bonds. The molecule has 1 unspecified atom stereocenters. The zero-order valence-corrected chi connectivity index (χ0v) is 16.2. The second kappa shape index (κ2) is 7.06. The highest BCUT2D eigenvalue weighted by atomic mass is 32.2. The minimum atomic E-state index is -3.26. The van der Waals surface area contributed by atoms with Crippen molar-refractivity contribution < 1.29 is 12.8 Å². The molecule has 2 aromatic carbocycles. The monoisotopic (exact) mass is 404 g/mol. The quantitative estimate of drug-likeness (QED) is 0.685. The Morgan fingerprint density at radius 1 is 1.18 bits per heavy atom. The van der Waals surface area contributed by atoms with Crippen molar-refractivity contribution in [3.05, 3.63) is 58.8 Å². The van der Waals surface area contributed by atoms with Gasteiger partial charge in [-0.15, -0.1) is 0 Å². The van der Waals surface area contributed by atoms with E-state index in [2.05, 4.69) is 10.3 Å². The molecule has 0 spiro atoms. The Hall–Kier alpha value is -2.65. The molecule has 4 rings (SSSR count). The van der Waals surface area contributed by atoms with Gasteiger partial charge >= 0.3 is 5.69 Å². The van der Waals surface area contributed by atoms with Crippen LogP contribution in [0, 0.1) is 5.82 Å². The molecule has 9 heteroatoms. The van der Waals surface area contributed by atoms with Crippen molar-refractivity contribution in [2.45, 2.75) is 19.4 Å². The number of anilines is 2. The summed E-state index contributed by atoms with van der Waals surface area (Å²) >= 11 is 0. The molecule has 1 aliphatic rings. The molecule has 1 aromatic heterocycles. The zero-order chi connectivity index (χ0) is 19.9. The summed E-state index contributed by atoms with van der Waals surface area (Å²) in [5.41, 5.74) is 2.63. The van der Waals surface area contributed by atoms with Crippen LogP contribution in [0.3, 0.4) is 0 Å². The van der Waals surface area contributed by atoms with Gasteiger partial charge in [-0.05, 0) is 55.8 Å². The van der Waals surface area contributed by atoms with Crippen LogP contribution in [0.25, 0.3) is 11.0 Å². The highest BCUT2D eigenvalue weighted by Crippen LogP contribution is 2.28. The molecule has 0 saturated carbocycles. The first-order valence-corrected chi connectivity index (χ1v) is 10.7. The molecule has 0 aliphatic carbocycles. The molecule has 0 radical (unpaired) electrons. The molecule has 1 aliphatic heterocycles. The Morgan fingerprint density at radius 2 is 1.89 bits per heavy atom. The van der Waals surface area contributed by atoms with E-state index in [9.17, 15) is 17.6 Å². The number of hydrogen-bond donors (Lipinski definition) is 2. The average Bonchev–Trinajstić information content (AvgIpc) is 3.27. The van der Waals surface area contributed by atoms with Gasteiger partial charge in [-0.25, -0.2) is 17.6 Å². The number of imidazole rings is 1. The molecule has 28 heavy (non-hydrogen) atoms. The number of nitrogens with one attached hydrogen (secondary N) is 2. The first kappa shape index (κ1) is 18.7. The Kier molecular flexibility index (Phi) is 4.72. The van der Waals surface area contributed by atoms with Crippen LogP contribution in [0.5, 0.6) is 0 Å². The molecule has 2 N–H and O–H groups in total. The molecule has 1 saturated heterocycles. The number of aromatic amines is 1. The van der Waals surface area contributed by atoms with E-state index in [1.54, 1.807) is 23.6 Å². The van der Waals surface area contributed by atoms with E-state index in [0.717, 1.165) is 16.9 Å². The minimum Gasteiger partial charge on any atom is -0.355 e. The molecule has 3 aromatic rings. The summed E-state index contributed by atoms with van der Waals surface area (Å²) in [5.74, 6) is -0.251. The van der Waals surface area contributed by atoms with Crippen LogP contribution < -0.4 is 11.0 Å². The van der Waals surface area contributed by atoms with Gasteiger partial charge in [-0.1, -0.05) is 0 Å². The van der Waals surface area contributed by atoms with Crippen molar-refractivity contribution in [2.24, 2.45) is 0 Å². The SMILES string of the molecule is CCS(=O)(=O)N1CCC(n2c(=O)[nH]c3cc(Nc4ccc(F)cc4)ccc32)C1. The molecule has 1 fully saturated rings. The Labute approximate surface area is 161 Å². The average molecular weight is 404 g/mol. The summed E-state index contributed by atoms with van der Waals surface area (Å²) in [7, 11) is -3.26. The van der Waals surface area contributed by atoms with E-state index in [1.165, 1.54) is 16.4 Å². The fourth-order valence-corrected chi connectivity index (χ4v) is 4.78. The lowest BCUT2D eigenvalue weighted by Crippen LogP contribution is -2.31. The lowest BCUT2D eigenvalue weighted by atomic mass is 10.2. The smallest absolute Gasteiger partial charge is 0.326 e. The molecular formula is C19H21FN4O3S. The Balaban J connectivity index is 1.62. The zero-order valence-electron chi connectivity index (χ0n) is 15.4. The maximum atomic E-state index is 13.0. The van der Waals surface area contributed by atoms with Gasteiger partial charge in [-0.2, -0.15) is 4.31 Å². The van der Waals surface area contributed by atoms with Crippen LogP contribution in [-0.2, 0) is 10.0 Å². The van der Waals surface area contributed by atoms with Crippen LogP contribution in [0.4, 0.5) is 15.8 Å². The van der Waals surface area contributed by atoms with Gasteiger partial charge in [0.15, 0.2) is 0 Å². The fourth-order valence-electron chi connectivity index (χ4n) is 3.63. The normalized spacial score (nSPS) is 18.0. The van der Waals surface area contributed by atoms with Gasteiger partial charge in [-0.3, -0.25) is 4.57 Å². The van der Waals surface area contributed by atoms with Gasteiger partial charge in [0.1, 0.15) is 5.82 Å². The summed E-state index contributed by atoms with van der Waals surface area (Å²) < 4.78 is 40.3. The lowest BCUT2D eigenvalue weighted by Gasteiger charge is -2.16. The molecule has 7 nitrogen and oxygen atoms in total. The number of nitrogens with zero attached hydrogens (tertiary/aromatic N) is 2. The predicted molar refractivity (Wildman–Crippen MR) is 107 cm³/mol. The number of hydrogen-bond acceptors (Lipinski definition) is 4. The number of sulfonamides is 1. The Bertz CT molecular complexity index is 1170. The summed E-state index contributed by atoms with van der Waals surface area (Å²) in [4.78, 5) is 15.4. The minimum absolute atomic E-state index is 0.0565. The van der Waals surface area contributed by atoms with E-state index in [-0.39, 0.29) is 23.3 Å². The van der Waals surface area contributed by atoms with E-state index in [0.29, 0.717) is 25.0 Å². The third-order valence-corrected chi connectivity index (χ3v) is 6.95. The second-order valence-electron chi connectivity index (χ2n) is 6.87. The number of fused-ring (bicyclic) bond motifs is 1. The third-order valence-electron chi connectivity index (χ3n) is 5.10. The standard InChI is InChI=1S/C19H21FN4O3S/c1-2-28(26,27)23-10-9-16(12-23)24-18-8-7-15(11-17(18)22-19(24)25)21-14-5-3-13(20)4-6-14/h3-8,11,16,21H,2,9-10,12H2,1H3,(H,22,25). The van der Waals surface area contributed by atoms with Crippen molar-refractivity contribution in [1.29, 1.82) is 0 Å². The molecular weight excluding hydrogens is 383 g/mol. The number of benzene rings is 2. The van der Waals surface area contributed by atoms with E-state index in [1.807, 2.05) is 18.2 Å². The van der Waals surface area contributed by atoms with Gasteiger partial charge in [0.25, 0.3) is 0 Å². The van der Waals surface area contributed by atoms with Crippen LogP contribution in [0.15, 0.2) is 47.3 Å². The number of H-pyrrole nitrogens is 1. The molecule has 0 bridgehead atoms. The van der Waals surface area contributed by atoms with Crippen LogP contribution in [0.2, 0.25) is 0 Å². The molecule has 148 valence electrons. The van der Waals surface area contributed by atoms with Crippen molar-refractivity contribution in [1.82, 2.24) is 13.9 Å². The third kappa shape index (κ3) is 3.43. The highest BCUT2D eigenvalue weighted by molar-refractivity contribution is 7.89. The van der Waals surface area contributed by atoms with Gasteiger partial charge in [0.2, 0.25) is 10.0 Å². The summed E-state index contributed by atoms with van der Waals surface area (Å²) in [5, 5.41) is 3.17. The highest BCUT2D eigenvalue weighted by Gasteiger charge is 2.32. The number of halogens is 1. The van der Waals surface area contributed by atoms with Gasteiger partial charge in [0.05, 0.1) is 22.8 Å². The van der Waals surface area contributed by atoms with E-state index >= 15 is 0 Å². The van der Waals surface area contributed by atoms with Gasteiger partial charge in [0, 0.05) is 24.5 Å². The molecule has 2 heterocycles. The van der Waals surface area contributed by atoms with E-state index in [4.69, 9.17) is 0 Å². The predicted octanol–water partition coefficient (Wildman–Crippen LogP) is 2.81.